The first-order valence-corrected chi connectivity index (χ1v) is 10.1. The molecule has 0 spiro atoms. The van der Waals surface area contributed by atoms with Crippen LogP contribution in [0.5, 0.6) is 0 Å². The Kier molecular flexibility index (Phi) is 5.21. The van der Waals surface area contributed by atoms with Gasteiger partial charge in [0.2, 0.25) is 5.89 Å². The highest BCUT2D eigenvalue weighted by molar-refractivity contribution is 7.98. The molecule has 1 aliphatic carbocycles. The third-order valence-corrected chi connectivity index (χ3v) is 5.69. The van der Waals surface area contributed by atoms with E-state index in [-0.39, 0.29) is 12.1 Å². The van der Waals surface area contributed by atoms with Gasteiger partial charge in [0.1, 0.15) is 12.4 Å². The van der Waals surface area contributed by atoms with Crippen LogP contribution in [0.4, 0.5) is 0 Å². The number of hydrogen-bond acceptors (Lipinski definition) is 7. The maximum Gasteiger partial charge on any atom is 0.277 e. The largest absolute Gasteiger partial charge is 0.416 e. The summed E-state index contributed by atoms with van der Waals surface area (Å²) in [6, 6.07) is 9.20. The zero-order chi connectivity index (χ0) is 18.6. The van der Waals surface area contributed by atoms with E-state index < -0.39 is 0 Å². The van der Waals surface area contributed by atoms with Gasteiger partial charge in [-0.25, -0.2) is 4.98 Å². The van der Waals surface area contributed by atoms with Gasteiger partial charge in [-0.05, 0) is 25.0 Å². The van der Waals surface area contributed by atoms with E-state index in [9.17, 15) is 4.79 Å². The minimum absolute atomic E-state index is 0.0380. The molecule has 0 bridgehead atoms. The molecule has 0 N–H and O–H groups in total. The lowest BCUT2D eigenvalue weighted by atomic mass is 9.89. The van der Waals surface area contributed by atoms with Crippen LogP contribution in [0.3, 0.4) is 0 Å². The van der Waals surface area contributed by atoms with Gasteiger partial charge >= 0.3 is 0 Å². The van der Waals surface area contributed by atoms with E-state index in [1.807, 2.05) is 12.1 Å². The number of fused-ring (bicyclic) bond motifs is 1. The van der Waals surface area contributed by atoms with E-state index in [4.69, 9.17) is 9.68 Å². The predicted molar refractivity (Wildman–Crippen MR) is 101 cm³/mol. The molecule has 0 radical (unpaired) electrons. The van der Waals surface area contributed by atoms with Crippen LogP contribution >= 0.6 is 11.8 Å². The van der Waals surface area contributed by atoms with Crippen molar-refractivity contribution in [2.75, 3.05) is 0 Å². The second-order valence-electron chi connectivity index (χ2n) is 6.62. The fourth-order valence-corrected chi connectivity index (χ4v) is 4.19. The highest BCUT2D eigenvalue weighted by Crippen LogP contribution is 2.33. The second-order valence-corrected chi connectivity index (χ2v) is 7.55. The molecule has 4 rings (SSSR count). The van der Waals surface area contributed by atoms with Gasteiger partial charge in [-0.15, -0.1) is 10.2 Å². The van der Waals surface area contributed by atoms with E-state index >= 15 is 0 Å². The average molecular weight is 381 g/mol. The first kappa shape index (κ1) is 17.7. The topological polar surface area (TPSA) is 97.6 Å². The minimum atomic E-state index is -0.203. The van der Waals surface area contributed by atoms with E-state index in [2.05, 4.69) is 15.2 Å². The smallest absolute Gasteiger partial charge is 0.277 e. The van der Waals surface area contributed by atoms with Crippen LogP contribution in [0.15, 0.2) is 38.7 Å². The highest BCUT2D eigenvalue weighted by atomic mass is 32.2. The lowest BCUT2D eigenvalue weighted by Gasteiger charge is -2.17. The number of rotatable bonds is 5. The minimum Gasteiger partial charge on any atom is -0.416 e. The monoisotopic (exact) mass is 381 g/mol. The van der Waals surface area contributed by atoms with E-state index in [0.717, 1.165) is 12.8 Å². The molecule has 0 aliphatic heterocycles. The van der Waals surface area contributed by atoms with Crippen LogP contribution in [-0.4, -0.2) is 19.7 Å². The van der Waals surface area contributed by atoms with Crippen LogP contribution in [-0.2, 0) is 12.3 Å². The van der Waals surface area contributed by atoms with Crippen LogP contribution in [0.25, 0.3) is 10.9 Å². The third kappa shape index (κ3) is 3.74. The van der Waals surface area contributed by atoms with Crippen LogP contribution in [0.2, 0.25) is 0 Å². The molecule has 27 heavy (non-hydrogen) atoms. The maximum absolute atomic E-state index is 12.7. The Morgan fingerprint density at radius 1 is 1.22 bits per heavy atom. The van der Waals surface area contributed by atoms with Gasteiger partial charge in [0.15, 0.2) is 0 Å². The summed E-state index contributed by atoms with van der Waals surface area (Å²) >= 11 is 1.34. The molecule has 0 unspecified atom stereocenters. The Labute approximate surface area is 160 Å². The summed E-state index contributed by atoms with van der Waals surface area (Å²) in [6.45, 7) is -0.0380. The Morgan fingerprint density at radius 2 is 2.04 bits per heavy atom. The normalized spacial score (nSPS) is 15.1. The van der Waals surface area contributed by atoms with Crippen molar-refractivity contribution >= 4 is 22.7 Å². The van der Waals surface area contributed by atoms with Crippen LogP contribution in [0, 0.1) is 11.3 Å². The number of thioether (sulfide) groups is 1. The lowest BCUT2D eigenvalue weighted by molar-refractivity contribution is 0.334. The molecular weight excluding hydrogens is 362 g/mol. The van der Waals surface area contributed by atoms with Gasteiger partial charge in [-0.1, -0.05) is 43.2 Å². The Morgan fingerprint density at radius 3 is 2.85 bits per heavy atom. The van der Waals surface area contributed by atoms with Gasteiger partial charge < -0.3 is 4.42 Å². The number of nitriles is 1. The molecule has 7 nitrogen and oxygen atoms in total. The summed E-state index contributed by atoms with van der Waals surface area (Å²) in [7, 11) is 0. The summed E-state index contributed by atoms with van der Waals surface area (Å²) in [6.07, 6.45) is 5.88. The molecular formula is C19H19N5O2S. The van der Waals surface area contributed by atoms with Crippen molar-refractivity contribution in [1.29, 1.82) is 5.26 Å². The number of aromatic nitrogens is 4. The molecule has 1 saturated carbocycles. The van der Waals surface area contributed by atoms with Gasteiger partial charge in [-0.2, -0.15) is 5.26 Å². The number of nitrogens with zero attached hydrogens (tertiary/aromatic N) is 5. The first-order valence-electron chi connectivity index (χ1n) is 9.08. The molecule has 3 aromatic rings. The standard InChI is InChI=1S/C19H19N5O2S/c20-10-11-24-16(21-15-9-5-4-8-14(15)18(24)25)12-27-19-23-22-17(26-19)13-6-2-1-3-7-13/h4-5,8-9,13H,1-3,6-7,11-12H2. The van der Waals surface area contributed by atoms with E-state index in [0.29, 0.717) is 39.5 Å². The predicted octanol–water partition coefficient (Wildman–Crippen LogP) is 3.64. The lowest BCUT2D eigenvalue weighted by Crippen LogP contribution is -2.24. The third-order valence-electron chi connectivity index (χ3n) is 4.87. The van der Waals surface area contributed by atoms with Gasteiger partial charge in [-0.3, -0.25) is 9.36 Å². The molecule has 2 aromatic heterocycles. The van der Waals surface area contributed by atoms with E-state index in [1.165, 1.54) is 35.6 Å². The van der Waals surface area contributed by atoms with Gasteiger partial charge in [0.05, 0.1) is 22.7 Å². The van der Waals surface area contributed by atoms with Crippen molar-refractivity contribution in [2.24, 2.45) is 0 Å². The molecule has 138 valence electrons. The maximum atomic E-state index is 12.7. The Hall–Kier alpha value is -2.66. The molecule has 1 aliphatic rings. The zero-order valence-corrected chi connectivity index (χ0v) is 15.6. The fraction of sp³-hybridized carbons (Fsp3) is 0.421. The first-order chi connectivity index (χ1) is 13.3. The molecule has 8 heteroatoms. The van der Waals surface area contributed by atoms with E-state index in [1.54, 1.807) is 18.2 Å². The van der Waals surface area contributed by atoms with Crippen molar-refractivity contribution in [3.05, 3.63) is 46.3 Å². The highest BCUT2D eigenvalue weighted by Gasteiger charge is 2.21. The second kappa shape index (κ2) is 7.92. The summed E-state index contributed by atoms with van der Waals surface area (Å²) < 4.78 is 7.23. The molecule has 0 saturated heterocycles. The van der Waals surface area contributed by atoms with Crippen molar-refractivity contribution < 1.29 is 4.42 Å². The van der Waals surface area contributed by atoms with Crippen molar-refractivity contribution in [2.45, 2.75) is 55.5 Å². The van der Waals surface area contributed by atoms with Crippen LogP contribution in [0.1, 0.15) is 49.7 Å². The fourth-order valence-electron chi connectivity index (χ4n) is 3.48. The number of benzene rings is 1. The quantitative estimate of drug-likeness (QED) is 0.622. The van der Waals surface area contributed by atoms with Crippen molar-refractivity contribution in [3.63, 3.8) is 0 Å². The SMILES string of the molecule is N#CCn1c(CSc2nnc(C3CCCCC3)o2)nc2ccccc2c1=O. The summed E-state index contributed by atoms with van der Waals surface area (Å²) in [5.74, 6) is 1.98. The number of para-hydroxylation sites is 1. The summed E-state index contributed by atoms with van der Waals surface area (Å²) in [4.78, 5) is 17.2. The summed E-state index contributed by atoms with van der Waals surface area (Å²) in [5.41, 5.74) is 0.423. The molecule has 1 aromatic carbocycles. The summed E-state index contributed by atoms with van der Waals surface area (Å²) in [5, 5.41) is 18.4. The molecule has 0 atom stereocenters. The molecule has 2 heterocycles. The molecule has 0 amide bonds. The van der Waals surface area contributed by atoms with Crippen LogP contribution < -0.4 is 5.56 Å². The van der Waals surface area contributed by atoms with Crippen molar-refractivity contribution in [3.8, 4) is 6.07 Å². The Balaban J connectivity index is 1.56. The van der Waals surface area contributed by atoms with Gasteiger partial charge in [0.25, 0.3) is 10.8 Å². The molecule has 1 fully saturated rings. The average Bonchev–Trinajstić information content (AvgIpc) is 3.19. The Bertz CT molecular complexity index is 1050. The number of hydrogen-bond donors (Lipinski definition) is 0. The van der Waals surface area contributed by atoms with Crippen molar-refractivity contribution in [1.82, 2.24) is 19.7 Å². The zero-order valence-electron chi connectivity index (χ0n) is 14.8. The van der Waals surface area contributed by atoms with Gasteiger partial charge in [0, 0.05) is 5.92 Å².